The number of nitrogens with zero attached hydrogens (tertiary/aromatic N) is 4. The number of anilines is 1. The maximum Gasteiger partial charge on any atom is 0.266 e. The van der Waals surface area contributed by atoms with E-state index in [9.17, 15) is 9.90 Å². The maximum absolute atomic E-state index is 11.5. The lowest BCUT2D eigenvalue weighted by Gasteiger charge is -2.10. The van der Waals surface area contributed by atoms with Gasteiger partial charge in [0.25, 0.3) is 11.4 Å². The first-order valence-corrected chi connectivity index (χ1v) is 6.53. The summed E-state index contributed by atoms with van der Waals surface area (Å²) in [6, 6.07) is 12.2. The van der Waals surface area contributed by atoms with Crippen LogP contribution in [0.1, 0.15) is 0 Å². The van der Waals surface area contributed by atoms with Crippen LogP contribution in [0.3, 0.4) is 0 Å². The van der Waals surface area contributed by atoms with Crippen LogP contribution in [0.4, 0.5) is 5.82 Å². The SMILES string of the molecule is Cn1nc(-c2nc(O)c(N)nc2-c2ccccc2)ccc1=O. The summed E-state index contributed by atoms with van der Waals surface area (Å²) in [5.74, 6) is -0.433. The maximum atomic E-state index is 11.5. The average molecular weight is 295 g/mol. The Labute approximate surface area is 125 Å². The van der Waals surface area contributed by atoms with Gasteiger partial charge in [0.2, 0.25) is 0 Å². The molecule has 0 saturated carbocycles. The summed E-state index contributed by atoms with van der Waals surface area (Å²) in [7, 11) is 1.54. The minimum absolute atomic E-state index is 0.0626. The first-order valence-electron chi connectivity index (χ1n) is 6.53. The largest absolute Gasteiger partial charge is 0.491 e. The number of nitrogens with two attached hydrogens (primary N) is 1. The van der Waals surface area contributed by atoms with Crippen LogP contribution in [0.15, 0.2) is 47.3 Å². The van der Waals surface area contributed by atoms with Crippen molar-refractivity contribution in [2.75, 3.05) is 5.73 Å². The monoisotopic (exact) mass is 295 g/mol. The molecule has 0 radical (unpaired) electrons. The van der Waals surface area contributed by atoms with Crippen molar-refractivity contribution in [2.24, 2.45) is 7.05 Å². The van der Waals surface area contributed by atoms with Crippen LogP contribution >= 0.6 is 0 Å². The second-order valence-corrected chi connectivity index (χ2v) is 4.68. The van der Waals surface area contributed by atoms with Crippen LogP contribution in [0.25, 0.3) is 22.6 Å². The van der Waals surface area contributed by atoms with Crippen molar-refractivity contribution in [2.45, 2.75) is 0 Å². The van der Waals surface area contributed by atoms with Gasteiger partial charge in [0.1, 0.15) is 17.1 Å². The molecular formula is C15H13N5O2. The molecular weight excluding hydrogens is 282 g/mol. The van der Waals surface area contributed by atoms with Gasteiger partial charge in [0.15, 0.2) is 5.82 Å². The topological polar surface area (TPSA) is 107 Å². The molecule has 0 bridgehead atoms. The molecule has 7 heteroatoms. The summed E-state index contributed by atoms with van der Waals surface area (Å²) >= 11 is 0. The van der Waals surface area contributed by atoms with Crippen LogP contribution in [0.5, 0.6) is 5.88 Å². The number of aromatic nitrogens is 4. The highest BCUT2D eigenvalue weighted by molar-refractivity contribution is 5.77. The highest BCUT2D eigenvalue weighted by Gasteiger charge is 2.16. The van der Waals surface area contributed by atoms with Crippen molar-refractivity contribution in [3.63, 3.8) is 0 Å². The molecule has 0 amide bonds. The van der Waals surface area contributed by atoms with Crippen LogP contribution in [0, 0.1) is 0 Å². The molecule has 0 atom stereocenters. The van der Waals surface area contributed by atoms with Crippen LogP contribution < -0.4 is 11.3 Å². The van der Waals surface area contributed by atoms with Gasteiger partial charge in [-0.1, -0.05) is 30.3 Å². The Morgan fingerprint density at radius 1 is 1.05 bits per heavy atom. The molecule has 0 fully saturated rings. The van der Waals surface area contributed by atoms with Gasteiger partial charge in [-0.15, -0.1) is 0 Å². The molecule has 0 saturated heterocycles. The van der Waals surface area contributed by atoms with Crippen LogP contribution in [-0.4, -0.2) is 24.9 Å². The fourth-order valence-electron chi connectivity index (χ4n) is 2.04. The quantitative estimate of drug-likeness (QED) is 0.735. The molecule has 3 N–H and O–H groups in total. The van der Waals surface area contributed by atoms with Gasteiger partial charge in [-0.2, -0.15) is 5.10 Å². The second-order valence-electron chi connectivity index (χ2n) is 4.68. The summed E-state index contributed by atoms with van der Waals surface area (Å²) in [5, 5.41) is 13.9. The van der Waals surface area contributed by atoms with Crippen molar-refractivity contribution in [3.8, 4) is 28.5 Å². The van der Waals surface area contributed by atoms with Crippen LogP contribution in [0.2, 0.25) is 0 Å². The van der Waals surface area contributed by atoms with E-state index in [4.69, 9.17) is 5.73 Å². The van der Waals surface area contributed by atoms with Gasteiger partial charge in [-0.3, -0.25) is 4.79 Å². The minimum atomic E-state index is -0.370. The fraction of sp³-hybridized carbons (Fsp3) is 0.0667. The third kappa shape index (κ3) is 2.39. The predicted octanol–water partition coefficient (Wildman–Crippen LogP) is 1.19. The highest BCUT2D eigenvalue weighted by Crippen LogP contribution is 2.31. The zero-order valence-electron chi connectivity index (χ0n) is 11.8. The number of benzene rings is 1. The van der Waals surface area contributed by atoms with E-state index in [0.29, 0.717) is 17.1 Å². The number of aromatic hydroxyl groups is 1. The number of hydrogen-bond acceptors (Lipinski definition) is 6. The van der Waals surface area contributed by atoms with Crippen molar-refractivity contribution in [3.05, 3.63) is 52.8 Å². The van der Waals surface area contributed by atoms with E-state index in [1.165, 1.54) is 16.8 Å². The molecule has 0 spiro atoms. The number of aryl methyl sites for hydroxylation is 1. The highest BCUT2D eigenvalue weighted by atomic mass is 16.3. The smallest absolute Gasteiger partial charge is 0.266 e. The van der Waals surface area contributed by atoms with Gasteiger partial charge in [-0.25, -0.2) is 14.6 Å². The normalized spacial score (nSPS) is 10.6. The molecule has 1 aromatic carbocycles. The summed E-state index contributed by atoms with van der Waals surface area (Å²) in [6.45, 7) is 0. The zero-order chi connectivity index (χ0) is 15.7. The van der Waals surface area contributed by atoms with Crippen LogP contribution in [-0.2, 0) is 7.05 Å². The van der Waals surface area contributed by atoms with Gasteiger partial charge >= 0.3 is 0 Å². The van der Waals surface area contributed by atoms with E-state index < -0.39 is 0 Å². The van der Waals surface area contributed by atoms with E-state index in [-0.39, 0.29) is 17.3 Å². The first kappa shape index (κ1) is 13.7. The molecule has 3 aromatic rings. The molecule has 110 valence electrons. The molecule has 0 aliphatic carbocycles. The molecule has 3 rings (SSSR count). The summed E-state index contributed by atoms with van der Waals surface area (Å²) in [6.07, 6.45) is 0. The standard InChI is InChI=1S/C15H13N5O2/c1-20-11(21)8-7-10(19-20)13-12(9-5-3-2-4-6-9)17-14(16)15(22)18-13/h2-8H,1H3,(H2,16,17)(H,18,22). The lowest BCUT2D eigenvalue weighted by atomic mass is 10.1. The Hall–Kier alpha value is -3.22. The van der Waals surface area contributed by atoms with E-state index in [2.05, 4.69) is 15.1 Å². The first-order chi connectivity index (χ1) is 10.6. The second kappa shape index (κ2) is 5.28. The van der Waals surface area contributed by atoms with Gasteiger partial charge in [0.05, 0.1) is 0 Å². The molecule has 0 unspecified atom stereocenters. The summed E-state index contributed by atoms with van der Waals surface area (Å²) in [5.41, 5.74) is 7.47. The number of rotatable bonds is 2. The van der Waals surface area contributed by atoms with Gasteiger partial charge in [-0.05, 0) is 6.07 Å². The van der Waals surface area contributed by atoms with E-state index >= 15 is 0 Å². The summed E-state index contributed by atoms with van der Waals surface area (Å²) < 4.78 is 1.19. The Morgan fingerprint density at radius 2 is 1.77 bits per heavy atom. The van der Waals surface area contributed by atoms with Gasteiger partial charge < -0.3 is 10.8 Å². The van der Waals surface area contributed by atoms with E-state index in [1.54, 1.807) is 7.05 Å². The Kier molecular flexibility index (Phi) is 3.30. The minimum Gasteiger partial charge on any atom is -0.491 e. The Balaban J connectivity index is 2.28. The predicted molar refractivity (Wildman–Crippen MR) is 82.0 cm³/mol. The van der Waals surface area contributed by atoms with Crippen molar-refractivity contribution >= 4 is 5.82 Å². The van der Waals surface area contributed by atoms with Crippen molar-refractivity contribution in [1.29, 1.82) is 0 Å². The lowest BCUT2D eigenvalue weighted by Crippen LogP contribution is -2.18. The molecule has 0 aliphatic rings. The van der Waals surface area contributed by atoms with E-state index in [1.807, 2.05) is 30.3 Å². The zero-order valence-corrected chi connectivity index (χ0v) is 11.8. The summed E-state index contributed by atoms with van der Waals surface area (Å²) in [4.78, 5) is 19.8. The fourth-order valence-corrected chi connectivity index (χ4v) is 2.04. The number of hydrogen-bond donors (Lipinski definition) is 2. The number of nitrogen functional groups attached to an aromatic ring is 1. The van der Waals surface area contributed by atoms with E-state index in [0.717, 1.165) is 5.56 Å². The molecule has 7 nitrogen and oxygen atoms in total. The third-order valence-corrected chi connectivity index (χ3v) is 3.15. The van der Waals surface area contributed by atoms with Gasteiger partial charge in [0, 0.05) is 18.7 Å². The molecule has 0 aliphatic heterocycles. The van der Waals surface area contributed by atoms with Crippen molar-refractivity contribution < 1.29 is 5.11 Å². The lowest BCUT2D eigenvalue weighted by molar-refractivity contribution is 0.454. The molecule has 2 aromatic heterocycles. The average Bonchev–Trinajstić information content (AvgIpc) is 2.53. The Bertz CT molecular complexity index is 890. The Morgan fingerprint density at radius 3 is 2.45 bits per heavy atom. The van der Waals surface area contributed by atoms with Crippen molar-refractivity contribution in [1.82, 2.24) is 19.7 Å². The molecule has 2 heterocycles. The molecule has 22 heavy (non-hydrogen) atoms. The third-order valence-electron chi connectivity index (χ3n) is 3.15.